The molecule has 2 fully saturated rings. The van der Waals surface area contributed by atoms with Gasteiger partial charge < -0.3 is 20.1 Å². The number of anilines is 1. The lowest BCUT2D eigenvalue weighted by molar-refractivity contribution is 0.0737. The first-order valence-corrected chi connectivity index (χ1v) is 8.72. The number of nitrogens with zero attached hydrogens (tertiary/aromatic N) is 2. The zero-order valence-corrected chi connectivity index (χ0v) is 13.3. The molecule has 5 nitrogen and oxygen atoms in total. The lowest BCUT2D eigenvalue weighted by Gasteiger charge is -2.40. The fourth-order valence-corrected chi connectivity index (χ4v) is 4.47. The van der Waals surface area contributed by atoms with Crippen LogP contribution in [0.3, 0.4) is 0 Å². The van der Waals surface area contributed by atoms with Crippen molar-refractivity contribution < 1.29 is 4.79 Å². The van der Waals surface area contributed by atoms with Crippen molar-refractivity contribution in [1.82, 2.24) is 15.2 Å². The van der Waals surface area contributed by atoms with Gasteiger partial charge >= 0.3 is 0 Å². The number of hydrogen-bond donors (Lipinski definition) is 2. The summed E-state index contributed by atoms with van der Waals surface area (Å²) in [7, 11) is 0. The van der Waals surface area contributed by atoms with Crippen LogP contribution in [0.1, 0.15) is 34.8 Å². The maximum Gasteiger partial charge on any atom is 0.256 e. The van der Waals surface area contributed by atoms with Gasteiger partial charge in [-0.1, -0.05) is 12.1 Å². The quantitative estimate of drug-likeness (QED) is 0.846. The molecular formula is C18H22N4O. The minimum atomic E-state index is 0.165. The first-order valence-electron chi connectivity index (χ1n) is 8.72. The largest absolute Gasteiger partial charge is 0.370 e. The normalized spacial score (nSPS) is 21.0. The van der Waals surface area contributed by atoms with Crippen molar-refractivity contribution in [1.29, 1.82) is 0 Å². The summed E-state index contributed by atoms with van der Waals surface area (Å²) in [6, 6.07) is 6.18. The number of piperidine rings is 1. The number of benzene rings is 1. The van der Waals surface area contributed by atoms with Crippen LogP contribution in [0.5, 0.6) is 0 Å². The van der Waals surface area contributed by atoms with Crippen LogP contribution in [0.2, 0.25) is 0 Å². The molecule has 4 aliphatic rings. The lowest BCUT2D eigenvalue weighted by atomic mass is 9.87. The lowest BCUT2D eigenvalue weighted by Crippen LogP contribution is -2.46. The van der Waals surface area contributed by atoms with Gasteiger partial charge in [-0.2, -0.15) is 0 Å². The molecule has 1 aromatic carbocycles. The molecule has 0 radical (unpaired) electrons. The first kappa shape index (κ1) is 13.4. The van der Waals surface area contributed by atoms with Crippen LogP contribution in [0.4, 0.5) is 5.69 Å². The Morgan fingerprint density at radius 3 is 2.65 bits per heavy atom. The van der Waals surface area contributed by atoms with E-state index in [4.69, 9.17) is 0 Å². The summed E-state index contributed by atoms with van der Waals surface area (Å²) in [5.41, 5.74) is 4.59. The van der Waals surface area contributed by atoms with E-state index in [1.807, 2.05) is 17.0 Å². The third-order valence-corrected chi connectivity index (χ3v) is 5.69. The molecule has 0 aliphatic carbocycles. The molecule has 2 bridgehead atoms. The molecule has 5 heterocycles. The summed E-state index contributed by atoms with van der Waals surface area (Å²) in [6.45, 7) is 5.67. The van der Waals surface area contributed by atoms with E-state index in [0.717, 1.165) is 50.3 Å². The Bertz CT molecular complexity index is 767. The minimum Gasteiger partial charge on any atom is -0.370 e. The van der Waals surface area contributed by atoms with Gasteiger partial charge in [0.15, 0.2) is 0 Å². The van der Waals surface area contributed by atoms with E-state index in [1.54, 1.807) is 0 Å². The standard InChI is InChI=1S/C18H22N4O/c23-18(22-10-6-19-7-11-22)14-3-1-2-13-16(14)20-15-12-4-8-21(9-5-12)17(13)15/h1-3,12,19-20H,4-11H2. The predicted molar refractivity (Wildman–Crippen MR) is 91.3 cm³/mol. The van der Waals surface area contributed by atoms with Crippen LogP contribution in [0.25, 0.3) is 10.9 Å². The molecule has 2 N–H and O–H groups in total. The Morgan fingerprint density at radius 1 is 1.09 bits per heavy atom. The van der Waals surface area contributed by atoms with Gasteiger partial charge in [0.1, 0.15) is 0 Å². The molecule has 2 saturated heterocycles. The molecule has 5 heteroatoms. The van der Waals surface area contributed by atoms with E-state index in [1.165, 1.54) is 29.6 Å². The molecule has 1 amide bonds. The maximum absolute atomic E-state index is 13.0. The van der Waals surface area contributed by atoms with Crippen LogP contribution in [-0.4, -0.2) is 55.1 Å². The van der Waals surface area contributed by atoms with Crippen LogP contribution in [-0.2, 0) is 0 Å². The molecule has 0 spiro atoms. The van der Waals surface area contributed by atoms with E-state index in [2.05, 4.69) is 21.3 Å². The summed E-state index contributed by atoms with van der Waals surface area (Å²) in [6.07, 6.45) is 2.47. The van der Waals surface area contributed by atoms with Crippen molar-refractivity contribution in [2.24, 2.45) is 0 Å². The topological polar surface area (TPSA) is 51.4 Å². The Hall–Kier alpha value is -2.01. The second-order valence-corrected chi connectivity index (χ2v) is 6.92. The van der Waals surface area contributed by atoms with E-state index >= 15 is 0 Å². The fourth-order valence-electron chi connectivity index (χ4n) is 4.47. The zero-order valence-electron chi connectivity index (χ0n) is 13.3. The molecule has 0 saturated carbocycles. The van der Waals surface area contributed by atoms with Gasteiger partial charge in [0.2, 0.25) is 0 Å². The van der Waals surface area contributed by atoms with E-state index in [-0.39, 0.29) is 5.91 Å². The monoisotopic (exact) mass is 310 g/mol. The number of piperazine rings is 1. The number of aromatic nitrogens is 1. The van der Waals surface area contributed by atoms with Crippen molar-refractivity contribution in [2.45, 2.75) is 18.8 Å². The number of H-pyrrole nitrogens is 1. The first-order chi connectivity index (χ1) is 11.3. The number of fused-ring (bicyclic) bond motifs is 3. The molecule has 23 heavy (non-hydrogen) atoms. The Kier molecular flexibility index (Phi) is 2.92. The molecule has 1 aromatic heterocycles. The number of aromatic amines is 1. The number of hydrogen-bond acceptors (Lipinski definition) is 3. The van der Waals surface area contributed by atoms with Gasteiger partial charge in [-0.25, -0.2) is 0 Å². The molecule has 2 aromatic rings. The summed E-state index contributed by atoms with van der Waals surface area (Å²) in [4.78, 5) is 21.1. The number of carbonyl (C=O) groups excluding carboxylic acids is 1. The van der Waals surface area contributed by atoms with Gasteiger partial charge in [-0.3, -0.25) is 4.79 Å². The Morgan fingerprint density at radius 2 is 1.87 bits per heavy atom. The molecule has 0 atom stereocenters. The maximum atomic E-state index is 13.0. The van der Waals surface area contributed by atoms with Crippen molar-refractivity contribution in [2.75, 3.05) is 44.2 Å². The highest BCUT2D eigenvalue weighted by atomic mass is 16.2. The third-order valence-electron chi connectivity index (χ3n) is 5.69. The van der Waals surface area contributed by atoms with Crippen LogP contribution < -0.4 is 10.2 Å². The highest BCUT2D eigenvalue weighted by molar-refractivity contribution is 6.10. The third kappa shape index (κ3) is 1.92. The van der Waals surface area contributed by atoms with Crippen molar-refractivity contribution in [3.05, 3.63) is 29.5 Å². The van der Waals surface area contributed by atoms with Gasteiger partial charge in [0.25, 0.3) is 5.91 Å². The van der Waals surface area contributed by atoms with Crippen molar-refractivity contribution in [3.63, 3.8) is 0 Å². The van der Waals surface area contributed by atoms with Crippen LogP contribution >= 0.6 is 0 Å². The van der Waals surface area contributed by atoms with Gasteiger partial charge in [-0.15, -0.1) is 0 Å². The minimum absolute atomic E-state index is 0.165. The number of rotatable bonds is 1. The highest BCUT2D eigenvalue weighted by Gasteiger charge is 2.34. The van der Waals surface area contributed by atoms with Gasteiger partial charge in [0.05, 0.1) is 16.8 Å². The Balaban J connectivity index is 1.63. The molecule has 4 aliphatic heterocycles. The fraction of sp³-hybridized carbons (Fsp3) is 0.500. The van der Waals surface area contributed by atoms with Gasteiger partial charge in [-0.05, 0) is 18.9 Å². The second kappa shape index (κ2) is 4.99. The SMILES string of the molecule is O=C(c1cccc2c3c([nH]c12)C1CCN3CC1)N1CCNCC1. The summed E-state index contributed by atoms with van der Waals surface area (Å²) >= 11 is 0. The van der Waals surface area contributed by atoms with E-state index < -0.39 is 0 Å². The molecule has 0 unspecified atom stereocenters. The smallest absolute Gasteiger partial charge is 0.256 e. The predicted octanol–water partition coefficient (Wildman–Crippen LogP) is 1.91. The summed E-state index contributed by atoms with van der Waals surface area (Å²) < 4.78 is 0. The van der Waals surface area contributed by atoms with Crippen molar-refractivity contribution >= 4 is 22.5 Å². The van der Waals surface area contributed by atoms with E-state index in [9.17, 15) is 4.79 Å². The molecule has 120 valence electrons. The zero-order chi connectivity index (χ0) is 15.4. The number of carbonyl (C=O) groups is 1. The number of amides is 1. The average Bonchev–Trinajstić information content (AvgIpc) is 3.04. The van der Waals surface area contributed by atoms with E-state index in [0.29, 0.717) is 5.92 Å². The summed E-state index contributed by atoms with van der Waals surface area (Å²) in [5, 5.41) is 4.54. The van der Waals surface area contributed by atoms with Crippen molar-refractivity contribution in [3.8, 4) is 0 Å². The van der Waals surface area contributed by atoms with Gasteiger partial charge in [0, 0.05) is 56.3 Å². The average molecular weight is 310 g/mol. The molecule has 6 rings (SSSR count). The number of para-hydroxylation sites is 1. The van der Waals surface area contributed by atoms with Crippen LogP contribution in [0.15, 0.2) is 18.2 Å². The second-order valence-electron chi connectivity index (χ2n) is 6.92. The number of nitrogens with one attached hydrogen (secondary N) is 2. The van der Waals surface area contributed by atoms with Crippen LogP contribution in [0, 0.1) is 0 Å². The highest BCUT2D eigenvalue weighted by Crippen LogP contribution is 2.46. The molecular weight excluding hydrogens is 288 g/mol. The summed E-state index contributed by atoms with van der Waals surface area (Å²) in [5.74, 6) is 0.808. The Labute approximate surface area is 135 Å².